The second-order valence-electron chi connectivity index (χ2n) is 10.5. The van der Waals surface area contributed by atoms with Crippen LogP contribution in [0.15, 0.2) is 24.3 Å². The highest BCUT2D eigenvalue weighted by atomic mass is 16.6. The summed E-state index contributed by atoms with van der Waals surface area (Å²) in [5.41, 5.74) is -1.26. The fraction of sp³-hybridized carbons (Fsp3) is 0.731. The number of fused-ring (bicyclic) bond motifs is 2. The molecule has 34 heavy (non-hydrogen) atoms. The van der Waals surface area contributed by atoms with Gasteiger partial charge in [0.05, 0.1) is 24.7 Å². The Labute approximate surface area is 200 Å². The van der Waals surface area contributed by atoms with Gasteiger partial charge in [-0.15, -0.1) is 0 Å². The minimum absolute atomic E-state index is 0.0234. The van der Waals surface area contributed by atoms with Crippen LogP contribution in [0.25, 0.3) is 0 Å². The van der Waals surface area contributed by atoms with Crippen molar-refractivity contribution in [3.63, 3.8) is 0 Å². The maximum Gasteiger partial charge on any atom is 0.313 e. The topological polar surface area (TPSA) is 96.4 Å². The third kappa shape index (κ3) is 3.44. The Morgan fingerprint density at radius 3 is 2.62 bits per heavy atom. The minimum atomic E-state index is -1.26. The Bertz CT molecular complexity index is 896. The second kappa shape index (κ2) is 9.11. The lowest BCUT2D eigenvalue weighted by Gasteiger charge is -2.42. The fourth-order valence-corrected chi connectivity index (χ4v) is 6.82. The maximum absolute atomic E-state index is 14.3. The third-order valence-corrected chi connectivity index (χ3v) is 8.74. The van der Waals surface area contributed by atoms with Gasteiger partial charge in [0, 0.05) is 12.6 Å². The average molecular weight is 473 g/mol. The van der Waals surface area contributed by atoms with Gasteiger partial charge in [-0.2, -0.15) is 0 Å². The van der Waals surface area contributed by atoms with Gasteiger partial charge in [0.25, 0.3) is 0 Å². The van der Waals surface area contributed by atoms with Gasteiger partial charge in [0.1, 0.15) is 24.2 Å². The van der Waals surface area contributed by atoms with E-state index in [9.17, 15) is 19.5 Å². The van der Waals surface area contributed by atoms with Crippen molar-refractivity contribution in [2.75, 3.05) is 19.8 Å². The molecule has 2 amide bonds. The number of rotatable bonds is 5. The molecule has 0 aromatic rings. The molecule has 0 aromatic heterocycles. The molecule has 0 bridgehead atoms. The van der Waals surface area contributed by atoms with Gasteiger partial charge in [-0.05, 0) is 24.8 Å². The van der Waals surface area contributed by atoms with Gasteiger partial charge in [-0.1, -0.05) is 57.8 Å². The summed E-state index contributed by atoms with van der Waals surface area (Å²) in [6.45, 7) is 4.35. The predicted octanol–water partition coefficient (Wildman–Crippen LogP) is 1.82. The van der Waals surface area contributed by atoms with Gasteiger partial charge >= 0.3 is 5.97 Å². The first-order valence-electron chi connectivity index (χ1n) is 12.9. The average Bonchev–Trinajstić information content (AvgIpc) is 3.14. The molecule has 1 aliphatic carbocycles. The van der Waals surface area contributed by atoms with E-state index in [0.717, 1.165) is 32.1 Å². The van der Waals surface area contributed by atoms with Crippen molar-refractivity contribution in [1.82, 2.24) is 9.80 Å². The van der Waals surface area contributed by atoms with Crippen molar-refractivity contribution in [2.45, 2.75) is 82.2 Å². The van der Waals surface area contributed by atoms with Crippen LogP contribution >= 0.6 is 0 Å². The van der Waals surface area contributed by atoms with E-state index in [1.165, 1.54) is 6.42 Å². The van der Waals surface area contributed by atoms with Crippen LogP contribution in [-0.2, 0) is 23.9 Å². The van der Waals surface area contributed by atoms with Crippen LogP contribution < -0.4 is 0 Å². The van der Waals surface area contributed by atoms with Crippen LogP contribution in [0.3, 0.4) is 0 Å². The molecule has 3 fully saturated rings. The number of hydrogen-bond acceptors (Lipinski definition) is 6. The summed E-state index contributed by atoms with van der Waals surface area (Å²) in [6.07, 6.45) is 12.7. The van der Waals surface area contributed by atoms with E-state index in [2.05, 4.69) is 0 Å². The van der Waals surface area contributed by atoms with Crippen molar-refractivity contribution >= 4 is 17.8 Å². The molecule has 4 heterocycles. The second-order valence-corrected chi connectivity index (χ2v) is 10.5. The number of hydrogen-bond donors (Lipinski definition) is 1. The molecule has 8 nitrogen and oxygen atoms in total. The molecule has 2 saturated heterocycles. The molecular formula is C26H36N2O6. The van der Waals surface area contributed by atoms with E-state index >= 15 is 0 Å². The van der Waals surface area contributed by atoms with E-state index in [1.54, 1.807) is 17.1 Å². The molecular weight excluding hydrogens is 436 g/mol. The number of carbonyl (C=O) groups is 3. The molecule has 7 atom stereocenters. The lowest BCUT2D eigenvalue weighted by Crippen LogP contribution is -2.60. The van der Waals surface area contributed by atoms with E-state index in [4.69, 9.17) is 9.47 Å². The predicted molar refractivity (Wildman–Crippen MR) is 123 cm³/mol. The van der Waals surface area contributed by atoms with E-state index in [0.29, 0.717) is 6.54 Å². The van der Waals surface area contributed by atoms with Crippen LogP contribution in [0.5, 0.6) is 0 Å². The van der Waals surface area contributed by atoms with Crippen molar-refractivity contribution in [3.05, 3.63) is 24.3 Å². The van der Waals surface area contributed by atoms with Crippen molar-refractivity contribution in [3.8, 4) is 0 Å². The first kappa shape index (κ1) is 23.5. The van der Waals surface area contributed by atoms with Crippen LogP contribution in [0.2, 0.25) is 0 Å². The van der Waals surface area contributed by atoms with Crippen LogP contribution in [-0.4, -0.2) is 82.3 Å². The zero-order valence-corrected chi connectivity index (χ0v) is 20.1. The smallest absolute Gasteiger partial charge is 0.313 e. The van der Waals surface area contributed by atoms with Gasteiger partial charge < -0.3 is 24.4 Å². The monoisotopic (exact) mass is 472 g/mol. The highest BCUT2D eigenvalue weighted by Crippen LogP contribution is 2.54. The molecule has 1 spiro atoms. The SMILES string of the molecule is CC[C@H](C)[C@H](CO)N1C(=O)[C@@H]2[C@H]3C(=O)OCC=C[C@H]3O[C@@]23C=CCN(C2CCCCC2)C(=O)C13. The Kier molecular flexibility index (Phi) is 6.31. The Hall–Kier alpha value is -2.19. The van der Waals surface area contributed by atoms with Crippen molar-refractivity contribution < 1.29 is 29.0 Å². The number of nitrogens with zero attached hydrogens (tertiary/aromatic N) is 2. The first-order valence-corrected chi connectivity index (χ1v) is 12.9. The molecule has 5 aliphatic rings. The molecule has 1 unspecified atom stereocenters. The Balaban J connectivity index is 1.62. The van der Waals surface area contributed by atoms with Gasteiger partial charge in [-0.3, -0.25) is 14.4 Å². The lowest BCUT2D eigenvalue weighted by atomic mass is 9.78. The highest BCUT2D eigenvalue weighted by molar-refractivity contribution is 5.99. The zero-order chi connectivity index (χ0) is 24.0. The minimum Gasteiger partial charge on any atom is -0.461 e. The number of aliphatic hydroxyl groups excluding tert-OH is 1. The number of amides is 2. The summed E-state index contributed by atoms with van der Waals surface area (Å²) in [5.74, 6) is -2.60. The summed E-state index contributed by atoms with van der Waals surface area (Å²) < 4.78 is 11.9. The van der Waals surface area contributed by atoms with Gasteiger partial charge in [0.15, 0.2) is 0 Å². The van der Waals surface area contributed by atoms with E-state index < -0.39 is 41.6 Å². The van der Waals surface area contributed by atoms with E-state index in [-0.39, 0.29) is 37.0 Å². The molecule has 186 valence electrons. The number of carbonyl (C=O) groups excluding carboxylic acids is 3. The lowest BCUT2D eigenvalue weighted by molar-refractivity contribution is -0.156. The van der Waals surface area contributed by atoms with E-state index in [1.807, 2.05) is 30.9 Å². The maximum atomic E-state index is 14.3. The Morgan fingerprint density at radius 2 is 1.91 bits per heavy atom. The van der Waals surface area contributed by atoms with Crippen LogP contribution in [0, 0.1) is 17.8 Å². The highest BCUT2D eigenvalue weighted by Gasteiger charge is 2.73. The van der Waals surface area contributed by atoms with Crippen LogP contribution in [0.1, 0.15) is 52.4 Å². The molecule has 5 rings (SSSR count). The number of aliphatic hydroxyl groups is 1. The largest absolute Gasteiger partial charge is 0.461 e. The molecule has 8 heteroatoms. The number of ether oxygens (including phenoxy) is 2. The van der Waals surface area contributed by atoms with Gasteiger partial charge in [0.2, 0.25) is 11.8 Å². The third-order valence-electron chi connectivity index (χ3n) is 8.74. The number of esters is 1. The zero-order valence-electron chi connectivity index (χ0n) is 20.1. The van der Waals surface area contributed by atoms with Gasteiger partial charge in [-0.25, -0.2) is 0 Å². The first-order chi connectivity index (χ1) is 16.4. The summed E-state index contributed by atoms with van der Waals surface area (Å²) in [6, 6.07) is -1.32. The molecule has 1 saturated carbocycles. The summed E-state index contributed by atoms with van der Waals surface area (Å²) in [7, 11) is 0. The van der Waals surface area contributed by atoms with Crippen LogP contribution in [0.4, 0.5) is 0 Å². The Morgan fingerprint density at radius 1 is 1.15 bits per heavy atom. The summed E-state index contributed by atoms with van der Waals surface area (Å²) in [4.78, 5) is 44.9. The molecule has 1 N–H and O–H groups in total. The summed E-state index contributed by atoms with van der Waals surface area (Å²) >= 11 is 0. The fourth-order valence-electron chi connectivity index (χ4n) is 6.82. The number of likely N-dealkylation sites (tertiary alicyclic amines) is 1. The number of cyclic esters (lactones) is 1. The molecule has 0 radical (unpaired) electrons. The normalized spacial score (nSPS) is 37.6. The standard InChI is InChI=1S/C26H36N2O6/c1-3-16(2)18(15-29)28-22-24(31)27(17-9-5-4-6-10-17)13-8-12-26(22)21(23(28)30)20-19(34-26)11-7-14-33-25(20)32/h7-8,11-12,16-22,29H,3-6,9-10,13-15H2,1-2H3/t16-,18-,19+,20-,21-,22?,26-/m0/s1. The molecule has 0 aromatic carbocycles. The quantitative estimate of drug-likeness (QED) is 0.484. The molecule has 4 aliphatic heterocycles. The summed E-state index contributed by atoms with van der Waals surface area (Å²) in [5, 5.41) is 10.4. The van der Waals surface area contributed by atoms with Crippen molar-refractivity contribution in [2.24, 2.45) is 17.8 Å². The van der Waals surface area contributed by atoms with Crippen molar-refractivity contribution in [1.29, 1.82) is 0 Å².